The van der Waals surface area contributed by atoms with Crippen molar-refractivity contribution in [2.24, 2.45) is 0 Å². The number of amides is 1. The third-order valence-electron chi connectivity index (χ3n) is 12.2. The summed E-state index contributed by atoms with van der Waals surface area (Å²) in [6, 6.07) is -0.703. The summed E-state index contributed by atoms with van der Waals surface area (Å²) < 4.78 is 5.93. The van der Waals surface area contributed by atoms with E-state index in [4.69, 9.17) is 4.74 Å². The summed E-state index contributed by atoms with van der Waals surface area (Å²) in [5, 5.41) is 23.8. The first-order chi connectivity index (χ1) is 30.0. The minimum Gasteiger partial charge on any atom is -0.462 e. The van der Waals surface area contributed by atoms with E-state index in [-0.39, 0.29) is 24.9 Å². The maximum Gasteiger partial charge on any atom is 0.306 e. The Morgan fingerprint density at radius 3 is 1.34 bits per heavy atom. The number of unbranched alkanes of at least 4 members (excludes halogenated alkanes) is 30. The van der Waals surface area contributed by atoms with Gasteiger partial charge in [-0.2, -0.15) is 0 Å². The number of ether oxygens (including phenoxy) is 1. The van der Waals surface area contributed by atoms with Crippen molar-refractivity contribution in [3.05, 3.63) is 36.5 Å². The Hall–Kier alpha value is -1.92. The van der Waals surface area contributed by atoms with Crippen molar-refractivity contribution in [1.29, 1.82) is 0 Å². The summed E-state index contributed by atoms with van der Waals surface area (Å²) in [4.78, 5) is 26.2. The first-order valence-corrected chi connectivity index (χ1v) is 26.7. The zero-order valence-electron chi connectivity index (χ0n) is 40.8. The van der Waals surface area contributed by atoms with Crippen LogP contribution in [0.3, 0.4) is 0 Å². The van der Waals surface area contributed by atoms with Crippen molar-refractivity contribution in [1.82, 2.24) is 5.32 Å². The fraction of sp³-hybridized carbons (Fsp3) is 0.855. The zero-order valence-corrected chi connectivity index (χ0v) is 40.8. The highest BCUT2D eigenvalue weighted by Crippen LogP contribution is 2.18. The molecule has 1 amide bonds. The summed E-state index contributed by atoms with van der Waals surface area (Å²) in [6.45, 7) is 6.39. The Balaban J connectivity index is 4.55. The summed E-state index contributed by atoms with van der Waals surface area (Å²) in [6.07, 6.45) is 57.7. The largest absolute Gasteiger partial charge is 0.462 e. The minimum absolute atomic E-state index is 0.0726. The number of esters is 1. The predicted octanol–water partition coefficient (Wildman–Crippen LogP) is 16.1. The van der Waals surface area contributed by atoms with Crippen molar-refractivity contribution in [3.8, 4) is 0 Å². The standard InChI is InChI=1S/C55H103NO5/c1-4-7-10-13-16-19-22-25-27-29-32-35-38-41-44-47-53(58)52(50-57)56-54(59)49-51(46-43-40-37-34-31-28-24-21-18-15-12-9-6-3)61-55(60)48-45-42-39-36-33-30-26-23-20-17-14-11-8-5-2/h8,11,17,20,26,30,51-53,57-58H,4-7,9-10,12-16,18-19,21-25,27-29,31-50H2,1-3H3,(H,56,59)/b11-8+,20-17+,30-26+. The lowest BCUT2D eigenvalue weighted by atomic mass is 10.0. The van der Waals surface area contributed by atoms with E-state index in [0.717, 1.165) is 77.0 Å². The molecule has 6 nitrogen and oxygen atoms in total. The monoisotopic (exact) mass is 858 g/mol. The molecule has 0 aromatic rings. The first-order valence-electron chi connectivity index (χ1n) is 26.7. The maximum absolute atomic E-state index is 13.2. The normalized spacial score (nSPS) is 13.5. The van der Waals surface area contributed by atoms with Gasteiger partial charge in [0.15, 0.2) is 0 Å². The van der Waals surface area contributed by atoms with Crippen molar-refractivity contribution in [3.63, 3.8) is 0 Å². The molecule has 0 aliphatic rings. The molecule has 0 bridgehead atoms. The average Bonchev–Trinajstić information content (AvgIpc) is 3.25. The summed E-state index contributed by atoms with van der Waals surface area (Å²) in [5.41, 5.74) is 0. The van der Waals surface area contributed by atoms with Crippen LogP contribution in [-0.4, -0.2) is 46.9 Å². The van der Waals surface area contributed by atoms with Crippen LogP contribution in [0.15, 0.2) is 36.5 Å². The lowest BCUT2D eigenvalue weighted by Crippen LogP contribution is -2.46. The highest BCUT2D eigenvalue weighted by Gasteiger charge is 2.24. The smallest absolute Gasteiger partial charge is 0.306 e. The lowest BCUT2D eigenvalue weighted by molar-refractivity contribution is -0.151. The number of carbonyl (C=O) groups is 2. The molecule has 0 spiro atoms. The van der Waals surface area contributed by atoms with Gasteiger partial charge in [0.05, 0.1) is 25.2 Å². The summed E-state index contributed by atoms with van der Waals surface area (Å²) in [7, 11) is 0. The first kappa shape index (κ1) is 59.1. The van der Waals surface area contributed by atoms with Gasteiger partial charge in [-0.15, -0.1) is 0 Å². The number of nitrogens with one attached hydrogen (secondary N) is 1. The molecule has 3 unspecified atom stereocenters. The van der Waals surface area contributed by atoms with Crippen LogP contribution in [0.25, 0.3) is 0 Å². The van der Waals surface area contributed by atoms with Gasteiger partial charge in [0.1, 0.15) is 6.10 Å². The lowest BCUT2D eigenvalue weighted by Gasteiger charge is -2.24. The molecular weight excluding hydrogens is 755 g/mol. The number of carbonyl (C=O) groups excluding carboxylic acids is 2. The second kappa shape index (κ2) is 49.1. The van der Waals surface area contributed by atoms with E-state index in [9.17, 15) is 19.8 Å². The van der Waals surface area contributed by atoms with Crippen LogP contribution < -0.4 is 5.32 Å². The van der Waals surface area contributed by atoms with E-state index in [2.05, 4.69) is 62.5 Å². The predicted molar refractivity (Wildman–Crippen MR) is 264 cm³/mol. The fourth-order valence-electron chi connectivity index (χ4n) is 8.21. The van der Waals surface area contributed by atoms with Gasteiger partial charge in [-0.3, -0.25) is 9.59 Å². The van der Waals surface area contributed by atoms with Gasteiger partial charge >= 0.3 is 5.97 Å². The molecule has 0 saturated carbocycles. The Morgan fingerprint density at radius 1 is 0.492 bits per heavy atom. The van der Waals surface area contributed by atoms with Crippen LogP contribution in [0.2, 0.25) is 0 Å². The number of rotatable bonds is 48. The van der Waals surface area contributed by atoms with Crippen LogP contribution >= 0.6 is 0 Å². The Bertz CT molecular complexity index is 1010. The molecular formula is C55H103NO5. The number of aliphatic hydroxyl groups excluding tert-OH is 2. The number of aliphatic hydroxyl groups is 2. The quantitative estimate of drug-likeness (QED) is 0.0322. The zero-order chi connectivity index (χ0) is 44.5. The topological polar surface area (TPSA) is 95.9 Å². The molecule has 3 atom stereocenters. The van der Waals surface area contributed by atoms with E-state index in [0.29, 0.717) is 19.3 Å². The number of allylic oxidation sites excluding steroid dienone is 6. The van der Waals surface area contributed by atoms with E-state index < -0.39 is 18.2 Å². The Kier molecular flexibility index (Phi) is 47.6. The van der Waals surface area contributed by atoms with Gasteiger partial charge < -0.3 is 20.3 Å². The van der Waals surface area contributed by atoms with Crippen molar-refractivity contribution in [2.75, 3.05) is 6.61 Å². The molecule has 0 aromatic carbocycles. The average molecular weight is 858 g/mol. The van der Waals surface area contributed by atoms with Gasteiger partial charge in [0.25, 0.3) is 0 Å². The van der Waals surface area contributed by atoms with Gasteiger partial charge in [0, 0.05) is 6.42 Å². The van der Waals surface area contributed by atoms with Crippen molar-refractivity contribution < 1.29 is 24.5 Å². The summed E-state index contributed by atoms with van der Waals surface area (Å²) in [5.74, 6) is -0.487. The number of hydrogen-bond acceptors (Lipinski definition) is 5. The molecule has 0 aliphatic heterocycles. The highest BCUT2D eigenvalue weighted by atomic mass is 16.5. The molecule has 0 fully saturated rings. The SMILES string of the molecule is CC/C=C/C/C=C/C/C=C/CCCCCCC(=O)OC(CCCCCCCCCCCCCCC)CC(=O)NC(CO)C(O)CCCCCCCCCCCCCCCCC. The molecule has 6 heteroatoms. The molecule has 0 rings (SSSR count). The second-order valence-electron chi connectivity index (χ2n) is 18.3. The maximum atomic E-state index is 13.2. The number of hydrogen-bond donors (Lipinski definition) is 3. The molecule has 0 heterocycles. The van der Waals surface area contributed by atoms with Gasteiger partial charge in [-0.25, -0.2) is 0 Å². The van der Waals surface area contributed by atoms with Crippen molar-refractivity contribution in [2.45, 2.75) is 296 Å². The van der Waals surface area contributed by atoms with Crippen LogP contribution in [0, 0.1) is 0 Å². The van der Waals surface area contributed by atoms with Gasteiger partial charge in [-0.05, 0) is 57.8 Å². The Morgan fingerprint density at radius 2 is 0.885 bits per heavy atom. The molecule has 0 saturated heterocycles. The molecule has 0 aromatic heterocycles. The van der Waals surface area contributed by atoms with Crippen molar-refractivity contribution >= 4 is 11.9 Å². The van der Waals surface area contributed by atoms with Crippen LogP contribution in [0.1, 0.15) is 278 Å². The third-order valence-corrected chi connectivity index (χ3v) is 12.2. The van der Waals surface area contributed by atoms with E-state index in [1.165, 1.54) is 154 Å². The van der Waals surface area contributed by atoms with Crippen LogP contribution in [-0.2, 0) is 14.3 Å². The molecule has 0 radical (unpaired) electrons. The summed E-state index contributed by atoms with van der Waals surface area (Å²) >= 11 is 0. The minimum atomic E-state index is -0.789. The van der Waals surface area contributed by atoms with Gasteiger partial charge in [0.2, 0.25) is 5.91 Å². The van der Waals surface area contributed by atoms with Crippen LogP contribution in [0.5, 0.6) is 0 Å². The molecule has 61 heavy (non-hydrogen) atoms. The Labute approximate surface area is 379 Å². The van der Waals surface area contributed by atoms with E-state index >= 15 is 0 Å². The van der Waals surface area contributed by atoms with E-state index in [1.807, 2.05) is 0 Å². The highest BCUT2D eigenvalue weighted by molar-refractivity contribution is 5.77. The fourth-order valence-corrected chi connectivity index (χ4v) is 8.21. The molecule has 0 aliphatic carbocycles. The third kappa shape index (κ3) is 44.5. The molecule has 358 valence electrons. The van der Waals surface area contributed by atoms with E-state index in [1.54, 1.807) is 0 Å². The molecule has 3 N–H and O–H groups in total. The van der Waals surface area contributed by atoms with Gasteiger partial charge in [-0.1, -0.05) is 243 Å². The van der Waals surface area contributed by atoms with Crippen LogP contribution in [0.4, 0.5) is 0 Å². The second-order valence-corrected chi connectivity index (χ2v) is 18.3.